The van der Waals surface area contributed by atoms with Crippen LogP contribution in [0.25, 0.3) is 11.1 Å². The molecule has 4 rings (SSSR count). The molecular weight excluding hydrogens is 398 g/mol. The molecule has 0 radical (unpaired) electrons. The molecule has 0 aromatic heterocycles. The molecule has 0 saturated carbocycles. The second-order valence-corrected chi connectivity index (χ2v) is 8.41. The topological polar surface area (TPSA) is 52.7 Å². The molecule has 0 unspecified atom stereocenters. The zero-order valence-corrected chi connectivity index (χ0v) is 18.6. The van der Waals surface area contributed by atoms with Gasteiger partial charge in [0, 0.05) is 49.0 Å². The summed E-state index contributed by atoms with van der Waals surface area (Å²) in [6, 6.07) is 25.6. The van der Waals surface area contributed by atoms with Crippen LogP contribution in [0.5, 0.6) is 0 Å². The summed E-state index contributed by atoms with van der Waals surface area (Å²) in [5.41, 5.74) is 4.71. The zero-order valence-electron chi connectivity index (χ0n) is 18.6. The SMILES string of the molecule is CC(C)C(=O)N1CCN(c2ccc(NC(=O)c3ccc(-c4ccccc4)cc3)cc2)CC1. The fourth-order valence-electron chi connectivity index (χ4n) is 3.95. The van der Waals surface area contributed by atoms with Gasteiger partial charge in [0.25, 0.3) is 5.91 Å². The summed E-state index contributed by atoms with van der Waals surface area (Å²) in [5.74, 6) is 0.136. The van der Waals surface area contributed by atoms with E-state index < -0.39 is 0 Å². The maximum absolute atomic E-state index is 12.6. The third-order valence-corrected chi connectivity index (χ3v) is 5.83. The summed E-state index contributed by atoms with van der Waals surface area (Å²) in [6.07, 6.45) is 0. The molecule has 1 heterocycles. The maximum Gasteiger partial charge on any atom is 0.255 e. The van der Waals surface area contributed by atoms with Crippen LogP contribution in [0.3, 0.4) is 0 Å². The Labute approximate surface area is 189 Å². The fraction of sp³-hybridized carbons (Fsp3) is 0.259. The first-order chi connectivity index (χ1) is 15.5. The van der Waals surface area contributed by atoms with Gasteiger partial charge in [-0.05, 0) is 47.5 Å². The van der Waals surface area contributed by atoms with Gasteiger partial charge in [-0.25, -0.2) is 0 Å². The molecule has 5 heteroatoms. The van der Waals surface area contributed by atoms with Crippen LogP contribution in [0, 0.1) is 5.92 Å². The highest BCUT2D eigenvalue weighted by Gasteiger charge is 2.22. The van der Waals surface area contributed by atoms with Crippen molar-refractivity contribution >= 4 is 23.2 Å². The standard InChI is InChI=1S/C27H29N3O2/c1-20(2)27(32)30-18-16-29(17-19-30)25-14-12-24(13-15-25)28-26(31)23-10-8-22(9-11-23)21-6-4-3-5-7-21/h3-15,20H,16-19H2,1-2H3,(H,28,31). The van der Waals surface area contributed by atoms with E-state index in [1.165, 1.54) is 0 Å². The van der Waals surface area contributed by atoms with Gasteiger partial charge < -0.3 is 15.1 Å². The summed E-state index contributed by atoms with van der Waals surface area (Å²) in [6.45, 7) is 7.01. The molecule has 1 aliphatic heterocycles. The molecule has 2 amide bonds. The quantitative estimate of drug-likeness (QED) is 0.629. The number of piperazine rings is 1. The first-order valence-electron chi connectivity index (χ1n) is 11.1. The van der Waals surface area contributed by atoms with Crippen LogP contribution in [0.15, 0.2) is 78.9 Å². The van der Waals surface area contributed by atoms with Crippen molar-refractivity contribution in [1.82, 2.24) is 4.90 Å². The molecule has 1 N–H and O–H groups in total. The Morgan fingerprint density at radius 3 is 1.94 bits per heavy atom. The second kappa shape index (κ2) is 9.69. The summed E-state index contributed by atoms with van der Waals surface area (Å²) in [5, 5.41) is 2.97. The van der Waals surface area contributed by atoms with Gasteiger partial charge in [0.15, 0.2) is 0 Å². The predicted octanol–water partition coefficient (Wildman–Crippen LogP) is 4.91. The van der Waals surface area contributed by atoms with E-state index in [-0.39, 0.29) is 17.7 Å². The van der Waals surface area contributed by atoms with Crippen LogP contribution in [-0.2, 0) is 4.79 Å². The van der Waals surface area contributed by atoms with E-state index >= 15 is 0 Å². The molecule has 0 atom stereocenters. The van der Waals surface area contributed by atoms with Crippen molar-refractivity contribution in [3.8, 4) is 11.1 Å². The third kappa shape index (κ3) is 4.99. The monoisotopic (exact) mass is 427 g/mol. The van der Waals surface area contributed by atoms with Crippen LogP contribution in [0.4, 0.5) is 11.4 Å². The molecule has 1 fully saturated rings. The predicted molar refractivity (Wildman–Crippen MR) is 130 cm³/mol. The van der Waals surface area contributed by atoms with E-state index in [0.29, 0.717) is 5.56 Å². The molecule has 0 aliphatic carbocycles. The molecule has 3 aromatic carbocycles. The zero-order chi connectivity index (χ0) is 22.5. The molecular formula is C27H29N3O2. The number of hydrogen-bond donors (Lipinski definition) is 1. The Kier molecular flexibility index (Phi) is 6.55. The highest BCUT2D eigenvalue weighted by molar-refractivity contribution is 6.04. The van der Waals surface area contributed by atoms with E-state index in [0.717, 1.165) is 48.7 Å². The highest BCUT2D eigenvalue weighted by Crippen LogP contribution is 2.22. The number of amides is 2. The Bertz CT molecular complexity index is 1050. The molecule has 0 bridgehead atoms. The molecule has 0 spiro atoms. The molecule has 5 nitrogen and oxygen atoms in total. The van der Waals surface area contributed by atoms with Gasteiger partial charge >= 0.3 is 0 Å². The first kappa shape index (κ1) is 21.6. The van der Waals surface area contributed by atoms with Crippen molar-refractivity contribution in [3.05, 3.63) is 84.4 Å². The lowest BCUT2D eigenvalue weighted by atomic mass is 10.0. The minimum absolute atomic E-state index is 0.0407. The number of benzene rings is 3. The van der Waals surface area contributed by atoms with Crippen molar-refractivity contribution in [2.24, 2.45) is 5.92 Å². The van der Waals surface area contributed by atoms with Gasteiger partial charge in [-0.1, -0.05) is 56.3 Å². The van der Waals surface area contributed by atoms with Gasteiger partial charge in [-0.3, -0.25) is 9.59 Å². The van der Waals surface area contributed by atoms with E-state index in [9.17, 15) is 9.59 Å². The number of carbonyl (C=O) groups excluding carboxylic acids is 2. The smallest absolute Gasteiger partial charge is 0.255 e. The molecule has 3 aromatic rings. The minimum Gasteiger partial charge on any atom is -0.368 e. The summed E-state index contributed by atoms with van der Waals surface area (Å²) < 4.78 is 0. The van der Waals surface area contributed by atoms with Crippen LogP contribution >= 0.6 is 0 Å². The Morgan fingerprint density at radius 1 is 0.750 bits per heavy atom. The Morgan fingerprint density at radius 2 is 1.34 bits per heavy atom. The number of hydrogen-bond acceptors (Lipinski definition) is 3. The number of rotatable bonds is 5. The van der Waals surface area contributed by atoms with E-state index in [4.69, 9.17) is 0 Å². The lowest BCUT2D eigenvalue weighted by Gasteiger charge is -2.37. The summed E-state index contributed by atoms with van der Waals surface area (Å²) in [4.78, 5) is 29.0. The molecule has 1 saturated heterocycles. The van der Waals surface area contributed by atoms with Crippen LogP contribution in [0.2, 0.25) is 0 Å². The average Bonchev–Trinajstić information content (AvgIpc) is 2.85. The number of nitrogens with zero attached hydrogens (tertiary/aromatic N) is 2. The van der Waals surface area contributed by atoms with Gasteiger partial charge in [-0.2, -0.15) is 0 Å². The number of carbonyl (C=O) groups is 2. The van der Waals surface area contributed by atoms with Gasteiger partial charge in [0.05, 0.1) is 0 Å². The molecule has 32 heavy (non-hydrogen) atoms. The molecule has 164 valence electrons. The Hall–Kier alpha value is -3.60. The average molecular weight is 428 g/mol. The lowest BCUT2D eigenvalue weighted by molar-refractivity contribution is -0.134. The van der Waals surface area contributed by atoms with Gasteiger partial charge in [0.1, 0.15) is 0 Å². The number of anilines is 2. The second-order valence-electron chi connectivity index (χ2n) is 8.41. The fourth-order valence-corrected chi connectivity index (χ4v) is 3.95. The third-order valence-electron chi connectivity index (χ3n) is 5.83. The van der Waals surface area contributed by atoms with Crippen molar-refractivity contribution in [3.63, 3.8) is 0 Å². The van der Waals surface area contributed by atoms with E-state index in [1.54, 1.807) is 0 Å². The van der Waals surface area contributed by atoms with Crippen LogP contribution < -0.4 is 10.2 Å². The van der Waals surface area contributed by atoms with Crippen molar-refractivity contribution in [2.75, 3.05) is 36.4 Å². The first-order valence-corrected chi connectivity index (χ1v) is 11.1. The maximum atomic E-state index is 12.6. The normalized spacial score (nSPS) is 13.8. The van der Waals surface area contributed by atoms with Crippen molar-refractivity contribution in [1.29, 1.82) is 0 Å². The summed E-state index contributed by atoms with van der Waals surface area (Å²) >= 11 is 0. The van der Waals surface area contributed by atoms with Crippen molar-refractivity contribution < 1.29 is 9.59 Å². The van der Waals surface area contributed by atoms with E-state index in [2.05, 4.69) is 22.3 Å². The summed E-state index contributed by atoms with van der Waals surface area (Å²) in [7, 11) is 0. The largest absolute Gasteiger partial charge is 0.368 e. The number of nitrogens with one attached hydrogen (secondary N) is 1. The molecule has 1 aliphatic rings. The van der Waals surface area contributed by atoms with Gasteiger partial charge in [0.2, 0.25) is 5.91 Å². The van der Waals surface area contributed by atoms with Crippen LogP contribution in [-0.4, -0.2) is 42.9 Å². The minimum atomic E-state index is -0.127. The lowest BCUT2D eigenvalue weighted by Crippen LogP contribution is -2.49. The van der Waals surface area contributed by atoms with Gasteiger partial charge in [-0.15, -0.1) is 0 Å². The van der Waals surface area contributed by atoms with Crippen molar-refractivity contribution in [2.45, 2.75) is 13.8 Å². The highest BCUT2D eigenvalue weighted by atomic mass is 16.2. The Balaban J connectivity index is 1.34. The van der Waals surface area contributed by atoms with E-state index in [1.807, 2.05) is 85.5 Å². The van der Waals surface area contributed by atoms with Crippen LogP contribution in [0.1, 0.15) is 24.2 Å².